The van der Waals surface area contributed by atoms with Gasteiger partial charge in [-0.15, -0.1) is 27.3 Å². The van der Waals surface area contributed by atoms with E-state index in [4.69, 9.17) is 11.6 Å². The van der Waals surface area contributed by atoms with Crippen molar-refractivity contribution in [2.45, 2.75) is 0 Å². The second-order valence-electron chi connectivity index (χ2n) is 9.92. The van der Waals surface area contributed by atoms with E-state index < -0.39 is 0 Å². The van der Waals surface area contributed by atoms with Gasteiger partial charge in [-0.25, -0.2) is 0 Å². The van der Waals surface area contributed by atoms with Crippen LogP contribution in [0.15, 0.2) is 0 Å². The largest absolute Gasteiger partial charge is 0.269 e. The minimum atomic E-state index is -0.236. The molecule has 3 rings (SSSR count). The second kappa shape index (κ2) is 9.30. The van der Waals surface area contributed by atoms with Crippen molar-refractivity contribution in [3.8, 4) is 22.3 Å². The molecule has 3 nitrogen and oxygen atoms in total. The first-order valence-corrected chi connectivity index (χ1v) is 12.2. The van der Waals surface area contributed by atoms with Gasteiger partial charge in [-0.2, -0.15) is 0 Å². The lowest BCUT2D eigenvalue weighted by Gasteiger charge is -2.29. The predicted molar refractivity (Wildman–Crippen MR) is 187 cm³/mol. The molecule has 0 spiro atoms. The van der Waals surface area contributed by atoms with Crippen LogP contribution >= 0.6 is 11.6 Å². The number of nitro groups is 1. The maximum Gasteiger partial charge on any atom is 0.269 e. The van der Waals surface area contributed by atoms with Crippen LogP contribution in [0, 0.1) is 10.1 Å². The first-order chi connectivity index (χ1) is 15.7. The topological polar surface area (TPSA) is 43.1 Å². The molecule has 0 atom stereocenters. The van der Waals surface area contributed by atoms with Gasteiger partial charge in [0.1, 0.15) is 94.2 Å². The number of halogens is 1. The van der Waals surface area contributed by atoms with E-state index in [0.717, 1.165) is 38.4 Å². The zero-order valence-corrected chi connectivity index (χ0v) is 23.4. The van der Waals surface area contributed by atoms with Crippen molar-refractivity contribution in [3.63, 3.8) is 0 Å². The van der Waals surface area contributed by atoms with Crippen LogP contribution in [0.4, 0.5) is 5.69 Å². The van der Waals surface area contributed by atoms with Crippen molar-refractivity contribution >= 4 is 177 Å². The number of hydrogen-bond acceptors (Lipinski definition) is 2. The van der Waals surface area contributed by atoms with E-state index in [9.17, 15) is 10.1 Å². The Morgan fingerprint density at radius 3 is 1.15 bits per heavy atom. The molecule has 3 aromatic carbocycles. The Labute approximate surface area is 218 Å². The molecule has 0 amide bonds. The molecule has 3 aromatic rings. The van der Waals surface area contributed by atoms with E-state index in [2.05, 4.69) is 70.6 Å². The summed E-state index contributed by atoms with van der Waals surface area (Å²) in [5, 5.41) is 13.1. The Kier molecular flexibility index (Phi) is 7.31. The normalized spacial score (nSPS) is 11.0. The van der Waals surface area contributed by atoms with Gasteiger partial charge in [-0.3, -0.25) is 10.1 Å². The van der Waals surface area contributed by atoms with Gasteiger partial charge >= 0.3 is 0 Å². The molecule has 156 valence electrons. The fraction of sp³-hybridized carbons (Fsp3) is 0. The zero-order valence-electron chi connectivity index (χ0n) is 22.6. The summed E-state index contributed by atoms with van der Waals surface area (Å²) in [5.74, 6) is 0. The molecular weight excluding hydrogens is 427 g/mol. The molecule has 0 N–H and O–H groups in total. The van der Waals surface area contributed by atoms with Crippen molar-refractivity contribution in [1.82, 2.24) is 0 Å². The zero-order chi connectivity index (χ0) is 26.0. The summed E-state index contributed by atoms with van der Waals surface area (Å²) in [6.07, 6.45) is 0. The summed E-state index contributed by atoms with van der Waals surface area (Å²) in [5.41, 5.74) is 17.1. The van der Waals surface area contributed by atoms with E-state index in [1.807, 2.05) is 23.5 Å². The minimum absolute atomic E-state index is 0.155. The van der Waals surface area contributed by atoms with Crippen molar-refractivity contribution in [2.24, 2.45) is 0 Å². The van der Waals surface area contributed by atoms with E-state index in [-0.39, 0.29) is 10.6 Å². The first kappa shape index (κ1) is 26.7. The Morgan fingerprint density at radius 1 is 0.441 bits per heavy atom. The van der Waals surface area contributed by atoms with E-state index >= 15 is 0 Å². The molecule has 0 saturated carbocycles. The Morgan fingerprint density at radius 2 is 0.765 bits per heavy atom. The molecule has 0 fully saturated rings. The molecule has 0 bridgehead atoms. The van der Waals surface area contributed by atoms with Crippen molar-refractivity contribution < 1.29 is 4.92 Å². The molecule has 0 aliphatic rings. The SMILES string of the molecule is Bc1c(B)c(B)c(-c2c(B)c(B)c(B)c(B)c2-c2c(B)c(Cl)c(B)c(B)c2[N+](=O)[O-])c(B)c1B. The van der Waals surface area contributed by atoms with Gasteiger partial charge in [-0.1, -0.05) is 44.4 Å². The van der Waals surface area contributed by atoms with Crippen LogP contribution in [-0.4, -0.2) is 99.1 Å². The lowest BCUT2D eigenvalue weighted by molar-refractivity contribution is -0.382. The highest BCUT2D eigenvalue weighted by atomic mass is 35.5. The fourth-order valence-corrected chi connectivity index (χ4v) is 5.68. The number of nitro benzene ring substituents is 1. The van der Waals surface area contributed by atoms with Crippen LogP contribution in [0.5, 0.6) is 0 Å². The lowest BCUT2D eigenvalue weighted by Crippen LogP contribution is -2.57. The molecule has 0 aliphatic heterocycles. The standard InChI is InChI=1S/C18H24B12ClNO2/c19-5-1(3-7(21)12(26)14(28)13(27)8(3)22)2(6(20)11(25)10(5)24)4-9(23)17(31)15(29)16(30)18(4)32(33)34/h19-30H2. The molecule has 34 heavy (non-hydrogen) atoms. The quantitative estimate of drug-likeness (QED) is 0.226. The van der Waals surface area contributed by atoms with Crippen LogP contribution in [0.1, 0.15) is 0 Å². The summed E-state index contributed by atoms with van der Waals surface area (Å²) in [6, 6.07) is 0. The minimum Gasteiger partial charge on any atom is -0.258 e. The van der Waals surface area contributed by atoms with Gasteiger partial charge < -0.3 is 0 Å². The molecule has 16 heteroatoms. The van der Waals surface area contributed by atoms with Gasteiger partial charge in [0.05, 0.1) is 10.5 Å². The average Bonchev–Trinajstić information content (AvgIpc) is 2.79. The van der Waals surface area contributed by atoms with Crippen LogP contribution in [0.25, 0.3) is 22.3 Å². The smallest absolute Gasteiger partial charge is 0.258 e. The van der Waals surface area contributed by atoms with Crippen LogP contribution in [0.3, 0.4) is 0 Å². The van der Waals surface area contributed by atoms with Crippen LogP contribution in [-0.2, 0) is 0 Å². The molecule has 0 aliphatic carbocycles. The van der Waals surface area contributed by atoms with Gasteiger partial charge in [0.15, 0.2) is 0 Å². The predicted octanol–water partition coefficient (Wildman–Crippen LogP) is -15.3. The van der Waals surface area contributed by atoms with Crippen molar-refractivity contribution in [2.75, 3.05) is 0 Å². The maximum atomic E-state index is 12.5. The molecule has 0 saturated heterocycles. The maximum absolute atomic E-state index is 12.5. The number of benzene rings is 3. The van der Waals surface area contributed by atoms with E-state index in [1.165, 1.54) is 38.3 Å². The Bertz CT molecular complexity index is 1400. The van der Waals surface area contributed by atoms with Crippen LogP contribution in [0.2, 0.25) is 5.02 Å². The summed E-state index contributed by atoms with van der Waals surface area (Å²) < 4.78 is 0. The van der Waals surface area contributed by atoms with Gasteiger partial charge in [0.25, 0.3) is 5.69 Å². The van der Waals surface area contributed by atoms with Gasteiger partial charge in [0, 0.05) is 5.02 Å². The summed E-state index contributed by atoms with van der Waals surface area (Å²) in [4.78, 5) is 12.2. The van der Waals surface area contributed by atoms with Crippen LogP contribution < -0.4 is 65.6 Å². The van der Waals surface area contributed by atoms with Gasteiger partial charge in [0.2, 0.25) is 0 Å². The highest BCUT2D eigenvalue weighted by Crippen LogP contribution is 2.31. The van der Waals surface area contributed by atoms with Crippen molar-refractivity contribution in [1.29, 1.82) is 0 Å². The Balaban J connectivity index is 2.75. The Hall–Kier alpha value is -1.87. The summed E-state index contributed by atoms with van der Waals surface area (Å²) in [6.45, 7) is 0. The molecule has 0 aromatic heterocycles. The highest BCUT2D eigenvalue weighted by molar-refractivity contribution is 6.71. The lowest BCUT2D eigenvalue weighted by atomic mass is 9.55. The molecule has 0 unspecified atom stereocenters. The third-order valence-electron chi connectivity index (χ3n) is 8.56. The number of hydrogen-bond donors (Lipinski definition) is 0. The third-order valence-corrected chi connectivity index (χ3v) is 9.13. The summed E-state index contributed by atoms with van der Waals surface area (Å²) in [7, 11) is 24.9. The van der Waals surface area contributed by atoms with E-state index in [1.54, 1.807) is 0 Å². The average molecular weight is 452 g/mol. The molecule has 0 radical (unpaired) electrons. The third kappa shape index (κ3) is 3.79. The molecular formula is C18H24B12ClNO2. The molecule has 0 heterocycles. The number of nitrogens with zero attached hydrogens (tertiary/aromatic N) is 1. The highest BCUT2D eigenvalue weighted by Gasteiger charge is 2.30. The fourth-order valence-electron chi connectivity index (χ4n) is 5.44. The summed E-state index contributed by atoms with van der Waals surface area (Å²) >= 11 is 6.79. The first-order valence-electron chi connectivity index (χ1n) is 11.8. The second-order valence-corrected chi connectivity index (χ2v) is 10.3. The van der Waals surface area contributed by atoms with Gasteiger partial charge in [-0.05, 0) is 22.2 Å². The monoisotopic (exact) mass is 453 g/mol. The number of rotatable bonds is 3. The van der Waals surface area contributed by atoms with Crippen molar-refractivity contribution in [3.05, 3.63) is 15.1 Å². The van der Waals surface area contributed by atoms with E-state index in [0.29, 0.717) is 16.0 Å².